The molecule has 3 atom stereocenters. The normalized spacial score (nSPS) is 18.4. The summed E-state index contributed by atoms with van der Waals surface area (Å²) in [7, 11) is 0. The van der Waals surface area contributed by atoms with Gasteiger partial charge in [-0.3, -0.25) is 4.79 Å². The van der Waals surface area contributed by atoms with Gasteiger partial charge in [-0.25, -0.2) is 0 Å². The van der Waals surface area contributed by atoms with Crippen LogP contribution in [0.1, 0.15) is 33.6 Å². The molecule has 0 aliphatic rings. The minimum atomic E-state index is -0.292. The van der Waals surface area contributed by atoms with E-state index in [0.29, 0.717) is 0 Å². The van der Waals surface area contributed by atoms with Crippen molar-refractivity contribution in [3.8, 4) is 0 Å². The van der Waals surface area contributed by atoms with Crippen LogP contribution in [-0.2, 0) is 4.79 Å². The van der Waals surface area contributed by atoms with Gasteiger partial charge in [-0.1, -0.05) is 20.8 Å². The summed E-state index contributed by atoms with van der Waals surface area (Å²) >= 11 is 3.74. The SMILES string of the molecule is CC[C@@H](O)[C@H](C)C[C@@H](C)C(=O)S. The Kier molecular flexibility index (Phi) is 5.59. The lowest BCUT2D eigenvalue weighted by Crippen LogP contribution is -2.20. The summed E-state index contributed by atoms with van der Waals surface area (Å²) in [6.07, 6.45) is 1.17. The van der Waals surface area contributed by atoms with E-state index >= 15 is 0 Å². The van der Waals surface area contributed by atoms with Crippen LogP contribution in [0.4, 0.5) is 0 Å². The maximum atomic E-state index is 10.8. The average Bonchev–Trinajstić information content (AvgIpc) is 2.02. The number of rotatable bonds is 5. The van der Waals surface area contributed by atoms with Crippen LogP contribution in [0.25, 0.3) is 0 Å². The van der Waals surface area contributed by atoms with Gasteiger partial charge in [0.25, 0.3) is 0 Å². The zero-order valence-electron chi connectivity index (χ0n) is 7.95. The van der Waals surface area contributed by atoms with Crippen LogP contribution >= 0.6 is 12.6 Å². The third kappa shape index (κ3) is 4.12. The topological polar surface area (TPSA) is 37.3 Å². The quantitative estimate of drug-likeness (QED) is 0.649. The van der Waals surface area contributed by atoms with Crippen LogP contribution in [0, 0.1) is 11.8 Å². The summed E-state index contributed by atoms with van der Waals surface area (Å²) in [6.45, 7) is 5.74. The van der Waals surface area contributed by atoms with Gasteiger partial charge in [0.1, 0.15) is 0 Å². The first-order valence-corrected chi connectivity index (χ1v) is 4.84. The maximum absolute atomic E-state index is 10.8. The predicted octanol–water partition coefficient (Wildman–Crippen LogP) is 1.88. The summed E-state index contributed by atoms with van der Waals surface area (Å²) in [5.74, 6) is 0.130. The molecule has 0 aromatic heterocycles. The molecule has 12 heavy (non-hydrogen) atoms. The molecule has 72 valence electrons. The zero-order valence-corrected chi connectivity index (χ0v) is 8.84. The van der Waals surface area contributed by atoms with Crippen LogP contribution in [0.15, 0.2) is 0 Å². The van der Waals surface area contributed by atoms with Crippen LogP contribution in [-0.4, -0.2) is 16.3 Å². The van der Waals surface area contributed by atoms with Crippen molar-refractivity contribution in [3.63, 3.8) is 0 Å². The van der Waals surface area contributed by atoms with Gasteiger partial charge in [-0.15, -0.1) is 12.6 Å². The number of hydrogen-bond donors (Lipinski definition) is 2. The molecular formula is C9H18O2S. The third-order valence-corrected chi connectivity index (χ3v) is 2.66. The molecule has 0 bridgehead atoms. The van der Waals surface area contributed by atoms with Gasteiger partial charge in [-0.2, -0.15) is 0 Å². The van der Waals surface area contributed by atoms with Crippen LogP contribution in [0.2, 0.25) is 0 Å². The molecular weight excluding hydrogens is 172 g/mol. The Hall–Kier alpha value is -0.0200. The Labute approximate surface area is 79.8 Å². The third-order valence-electron chi connectivity index (χ3n) is 2.22. The summed E-state index contributed by atoms with van der Waals surface area (Å²) in [5.41, 5.74) is 0. The zero-order chi connectivity index (χ0) is 9.72. The average molecular weight is 190 g/mol. The Morgan fingerprint density at radius 1 is 1.50 bits per heavy atom. The van der Waals surface area contributed by atoms with Gasteiger partial charge in [0.15, 0.2) is 5.12 Å². The van der Waals surface area contributed by atoms with E-state index in [1.165, 1.54) is 0 Å². The minimum Gasteiger partial charge on any atom is -0.393 e. The fourth-order valence-electron chi connectivity index (χ4n) is 1.22. The number of carbonyl (C=O) groups excluding carboxylic acids is 1. The second kappa shape index (κ2) is 5.60. The summed E-state index contributed by atoms with van der Waals surface area (Å²) in [6, 6.07) is 0. The molecule has 0 amide bonds. The maximum Gasteiger partial charge on any atom is 0.188 e. The van der Waals surface area contributed by atoms with E-state index in [-0.39, 0.29) is 23.1 Å². The molecule has 2 nitrogen and oxygen atoms in total. The molecule has 0 aliphatic carbocycles. The second-order valence-electron chi connectivity index (χ2n) is 3.43. The summed E-state index contributed by atoms with van der Waals surface area (Å²) < 4.78 is 0. The molecule has 0 radical (unpaired) electrons. The van der Waals surface area contributed by atoms with Crippen LogP contribution in [0.5, 0.6) is 0 Å². The highest BCUT2D eigenvalue weighted by molar-refractivity contribution is 7.96. The van der Waals surface area contributed by atoms with E-state index in [9.17, 15) is 9.90 Å². The largest absolute Gasteiger partial charge is 0.393 e. The first-order valence-electron chi connectivity index (χ1n) is 4.39. The van der Waals surface area contributed by atoms with E-state index in [1.54, 1.807) is 0 Å². The molecule has 0 aromatic carbocycles. The van der Waals surface area contributed by atoms with E-state index in [4.69, 9.17) is 0 Å². The highest BCUT2D eigenvalue weighted by Crippen LogP contribution is 2.18. The van der Waals surface area contributed by atoms with Crippen molar-refractivity contribution in [1.29, 1.82) is 0 Å². The molecule has 0 aliphatic heterocycles. The van der Waals surface area contributed by atoms with Gasteiger partial charge in [0.05, 0.1) is 6.10 Å². The highest BCUT2D eigenvalue weighted by Gasteiger charge is 2.18. The van der Waals surface area contributed by atoms with Crippen LogP contribution in [0.3, 0.4) is 0 Å². The summed E-state index contributed by atoms with van der Waals surface area (Å²) in [5, 5.41) is 9.33. The molecule has 3 heteroatoms. The highest BCUT2D eigenvalue weighted by atomic mass is 32.1. The fourth-order valence-corrected chi connectivity index (χ4v) is 1.32. The fraction of sp³-hybridized carbons (Fsp3) is 0.889. The smallest absolute Gasteiger partial charge is 0.188 e. The van der Waals surface area contributed by atoms with E-state index in [2.05, 4.69) is 12.6 Å². The van der Waals surface area contributed by atoms with Gasteiger partial charge < -0.3 is 5.11 Å². The second-order valence-corrected chi connectivity index (χ2v) is 3.87. The monoisotopic (exact) mass is 190 g/mol. The Morgan fingerprint density at radius 2 is 2.00 bits per heavy atom. The Morgan fingerprint density at radius 3 is 2.33 bits per heavy atom. The lowest BCUT2D eigenvalue weighted by Gasteiger charge is -2.19. The molecule has 0 rings (SSSR count). The standard InChI is InChI=1S/C9H18O2S/c1-4-8(10)6(2)5-7(3)9(11)12/h6-8,10H,4-5H2,1-3H3,(H,11,12)/t6-,7-,8-/m1/s1. The summed E-state index contributed by atoms with van der Waals surface area (Å²) in [4.78, 5) is 10.8. The lowest BCUT2D eigenvalue weighted by molar-refractivity contribution is -0.114. The van der Waals surface area contributed by atoms with E-state index in [1.807, 2.05) is 20.8 Å². The Bertz CT molecular complexity index is 147. The molecule has 0 saturated carbocycles. The van der Waals surface area contributed by atoms with Gasteiger partial charge in [0, 0.05) is 5.92 Å². The molecule has 0 heterocycles. The minimum absolute atomic E-state index is 0.0514. The Balaban J connectivity index is 3.83. The number of aliphatic hydroxyl groups is 1. The number of thiol groups is 1. The van der Waals surface area contributed by atoms with Crippen molar-refractivity contribution < 1.29 is 9.90 Å². The van der Waals surface area contributed by atoms with Crippen molar-refractivity contribution >= 4 is 17.7 Å². The number of aliphatic hydroxyl groups excluding tert-OH is 1. The number of carbonyl (C=O) groups is 1. The molecule has 1 N–H and O–H groups in total. The van der Waals surface area contributed by atoms with Crippen molar-refractivity contribution in [2.75, 3.05) is 0 Å². The first kappa shape index (κ1) is 12.0. The van der Waals surface area contributed by atoms with E-state index in [0.717, 1.165) is 12.8 Å². The van der Waals surface area contributed by atoms with Crippen molar-refractivity contribution in [1.82, 2.24) is 0 Å². The first-order chi connectivity index (χ1) is 5.49. The number of hydrogen-bond acceptors (Lipinski definition) is 2. The molecule has 0 spiro atoms. The predicted molar refractivity (Wildman–Crippen MR) is 53.2 cm³/mol. The lowest BCUT2D eigenvalue weighted by atomic mass is 9.92. The molecule has 0 aromatic rings. The van der Waals surface area contributed by atoms with E-state index < -0.39 is 0 Å². The van der Waals surface area contributed by atoms with Gasteiger partial charge >= 0.3 is 0 Å². The molecule has 0 saturated heterocycles. The van der Waals surface area contributed by atoms with Gasteiger partial charge in [-0.05, 0) is 18.8 Å². The van der Waals surface area contributed by atoms with Gasteiger partial charge in [0.2, 0.25) is 0 Å². The van der Waals surface area contributed by atoms with Crippen LogP contribution < -0.4 is 0 Å². The van der Waals surface area contributed by atoms with Crippen molar-refractivity contribution in [3.05, 3.63) is 0 Å². The molecule has 0 fully saturated rings. The van der Waals surface area contributed by atoms with Crippen molar-refractivity contribution in [2.45, 2.75) is 39.7 Å². The van der Waals surface area contributed by atoms with Crippen molar-refractivity contribution in [2.24, 2.45) is 11.8 Å². The molecule has 0 unspecified atom stereocenters.